The lowest BCUT2D eigenvalue weighted by Gasteiger charge is -2.18. The van der Waals surface area contributed by atoms with Gasteiger partial charge in [0.25, 0.3) is 17.7 Å². The first-order valence-corrected chi connectivity index (χ1v) is 33.5. The zero-order valence-electron chi connectivity index (χ0n) is 54.5. The van der Waals surface area contributed by atoms with Crippen LogP contribution in [0.15, 0.2) is 131 Å². The van der Waals surface area contributed by atoms with Crippen LogP contribution in [-0.2, 0) is 68.0 Å². The van der Waals surface area contributed by atoms with E-state index in [1.807, 2.05) is 18.2 Å². The van der Waals surface area contributed by atoms with Gasteiger partial charge in [-0.25, -0.2) is 18.8 Å². The van der Waals surface area contributed by atoms with E-state index in [2.05, 4.69) is 65.3 Å². The van der Waals surface area contributed by atoms with E-state index >= 15 is 4.39 Å². The van der Waals surface area contributed by atoms with Crippen LogP contribution in [0.1, 0.15) is 42.6 Å². The standard InChI is InChI=1S/C72H70FN15O12/c1-86-55-20-44(7-13-58(55)98-67(86)92)54-10-9-49(84-85-54)22-52(27-76)83-66(91)63-31-79-36-72(39-97-63)24-47(72)33-88-57-19-42(6-12-60(57)100-69(88)94)45-4-8-48(80-28-45)21-51(26-75)82-65(90)62-30-78-35-71(38-96-62)23-46(71)32-87-56-18-41(5-11-59(56)99-68(87)93)40-2-3-43(53(73)17-40)16-50(25-74)81-64(89)61-29-77-34-70(14-15-70)37-95-61/h2-13,17-20,28,46-47,50-52,61-63,77-79H,14-16,21-24,29-39H2,1H3,(H,81,89)(H,82,90)(H,83,91)/t46?,47?,50-,51-,52-,61-,62-,63-,71?,72?/m0/s1. The molecule has 27 nitrogen and oxygen atoms in total. The number of nitrogens with zero attached hydrogens (tertiary/aromatic N) is 9. The maximum Gasteiger partial charge on any atom is 0.419 e. The van der Waals surface area contributed by atoms with Gasteiger partial charge in [0.05, 0.1) is 66.0 Å². The lowest BCUT2D eigenvalue weighted by atomic mass is 9.99. The fourth-order valence-corrected chi connectivity index (χ4v) is 14.3. The average molecular weight is 1360 g/mol. The number of rotatable bonds is 19. The number of benzene rings is 4. The van der Waals surface area contributed by atoms with E-state index in [9.17, 15) is 44.6 Å². The Kier molecular flexibility index (Phi) is 17.4. The summed E-state index contributed by atoms with van der Waals surface area (Å²) in [4.78, 5) is 83.8. The van der Waals surface area contributed by atoms with Crippen molar-refractivity contribution < 1.29 is 46.2 Å². The number of hydrogen-bond acceptors (Lipinski definition) is 21. The number of aryl methyl sites for hydroxylation is 1. The molecule has 4 unspecified atom stereocenters. The molecule has 3 aliphatic heterocycles. The van der Waals surface area contributed by atoms with Crippen LogP contribution in [0.4, 0.5) is 4.39 Å². The van der Waals surface area contributed by atoms with Crippen LogP contribution in [0, 0.1) is 67.9 Å². The molecule has 4 aromatic carbocycles. The van der Waals surface area contributed by atoms with Gasteiger partial charge in [0.2, 0.25) is 0 Å². The molecule has 28 heteroatoms. The van der Waals surface area contributed by atoms with Crippen molar-refractivity contribution >= 4 is 51.0 Å². The van der Waals surface area contributed by atoms with Crippen LogP contribution in [-0.4, -0.2) is 142 Å². The Labute approximate surface area is 569 Å². The molecule has 5 aromatic heterocycles. The Morgan fingerprint density at radius 2 is 1.03 bits per heavy atom. The number of hydrogen-bond donors (Lipinski definition) is 6. The van der Waals surface area contributed by atoms with Crippen LogP contribution in [0.3, 0.4) is 0 Å². The molecule has 3 spiro atoms. The Bertz CT molecular complexity index is 5020. The van der Waals surface area contributed by atoms with Gasteiger partial charge in [0.1, 0.15) is 42.3 Å². The van der Waals surface area contributed by atoms with Gasteiger partial charge in [-0.2, -0.15) is 26.0 Å². The smallest absolute Gasteiger partial charge is 0.408 e. The van der Waals surface area contributed by atoms with Gasteiger partial charge in [-0.1, -0.05) is 30.3 Å². The van der Waals surface area contributed by atoms with Gasteiger partial charge >= 0.3 is 17.3 Å². The van der Waals surface area contributed by atoms with Crippen LogP contribution in [0.2, 0.25) is 0 Å². The fraction of sp³-hybridized carbons (Fsp3) is 0.417. The first-order valence-electron chi connectivity index (χ1n) is 33.5. The topological polar surface area (TPSA) is 367 Å². The van der Waals surface area contributed by atoms with Crippen LogP contribution >= 0.6 is 0 Å². The summed E-state index contributed by atoms with van der Waals surface area (Å²) in [6.07, 6.45) is 2.87. The summed E-state index contributed by atoms with van der Waals surface area (Å²) >= 11 is 0. The third-order valence-electron chi connectivity index (χ3n) is 20.9. The highest BCUT2D eigenvalue weighted by atomic mass is 19.1. The summed E-state index contributed by atoms with van der Waals surface area (Å²) < 4.78 is 55.3. The van der Waals surface area contributed by atoms with Crippen LogP contribution in [0.5, 0.6) is 0 Å². The summed E-state index contributed by atoms with van der Waals surface area (Å²) in [6, 6.07) is 31.3. The van der Waals surface area contributed by atoms with Gasteiger partial charge in [-0.15, -0.1) is 0 Å². The minimum atomic E-state index is -0.978. The largest absolute Gasteiger partial charge is 0.419 e. The predicted molar refractivity (Wildman–Crippen MR) is 356 cm³/mol. The second-order valence-electron chi connectivity index (χ2n) is 27.7. The van der Waals surface area contributed by atoms with Crippen molar-refractivity contribution in [3.8, 4) is 51.7 Å². The maximum atomic E-state index is 15.8. The molecule has 512 valence electrons. The molecule has 6 aliphatic rings. The summed E-state index contributed by atoms with van der Waals surface area (Å²) in [5, 5.41) is 57.2. The maximum absolute atomic E-state index is 15.8. The van der Waals surface area contributed by atoms with E-state index in [1.54, 1.807) is 95.2 Å². The van der Waals surface area contributed by atoms with E-state index in [4.69, 9.17) is 27.5 Å². The van der Waals surface area contributed by atoms with Crippen molar-refractivity contribution in [1.29, 1.82) is 15.8 Å². The van der Waals surface area contributed by atoms with Crippen molar-refractivity contribution in [1.82, 2.24) is 60.8 Å². The van der Waals surface area contributed by atoms with Crippen molar-refractivity contribution in [3.05, 3.63) is 158 Å². The van der Waals surface area contributed by atoms with Crippen molar-refractivity contribution in [2.75, 3.05) is 59.1 Å². The molecular weight excluding hydrogens is 1290 g/mol. The van der Waals surface area contributed by atoms with Gasteiger partial charge in [-0.05, 0) is 127 Å². The van der Waals surface area contributed by atoms with Gasteiger partial charge in [0, 0.05) is 118 Å². The van der Waals surface area contributed by atoms with E-state index < -0.39 is 77.2 Å². The van der Waals surface area contributed by atoms with E-state index in [1.165, 1.54) is 10.6 Å². The highest BCUT2D eigenvalue weighted by Crippen LogP contribution is 2.55. The zero-order chi connectivity index (χ0) is 69.0. The summed E-state index contributed by atoms with van der Waals surface area (Å²) in [6.45, 7) is 4.24. The number of oxazole rings is 3. The number of ether oxygens (including phenoxy) is 3. The number of nitrogens with one attached hydrogen (secondary N) is 6. The molecule has 3 amide bonds. The molecular formula is C72H70FN15O12. The number of fused-ring (bicyclic) bond motifs is 3. The number of amides is 3. The quantitative estimate of drug-likeness (QED) is 0.0664. The Balaban J connectivity index is 0.514. The van der Waals surface area contributed by atoms with Gasteiger partial charge < -0.3 is 59.4 Å². The van der Waals surface area contributed by atoms with Crippen molar-refractivity contribution in [3.63, 3.8) is 0 Å². The summed E-state index contributed by atoms with van der Waals surface area (Å²) in [7, 11) is 1.62. The Hall–Kier alpha value is -10.5. The van der Waals surface area contributed by atoms with E-state index in [0.717, 1.165) is 42.5 Å². The molecule has 15 rings (SSSR count). The second-order valence-corrected chi connectivity index (χ2v) is 27.7. The zero-order valence-corrected chi connectivity index (χ0v) is 54.5. The SMILES string of the molecule is Cn1c(=O)oc2ccc(-c3ccc(C[C@@H](C#N)NC(=O)[C@@H]4CNCC5(CO4)CC5Cn4c(=O)oc5ccc(-c6ccc(C[C@@H](C#N)NC(=O)[C@@H]7CNCC8(CO7)CC8Cn7c(=O)oc8ccc(-c9ccc(C[C@@H](C#N)NC(=O)[C@@H]%10CNCC%11(CC%11)CO%10)c(F)c9)cc87)nc6)cc54)nn3)cc21. The van der Waals surface area contributed by atoms with Crippen LogP contribution in [0.25, 0.3) is 66.8 Å². The fourth-order valence-electron chi connectivity index (χ4n) is 14.3. The molecule has 100 heavy (non-hydrogen) atoms. The highest BCUT2D eigenvalue weighted by Gasteiger charge is 2.57. The molecule has 3 aliphatic carbocycles. The molecule has 6 N–H and O–H groups in total. The highest BCUT2D eigenvalue weighted by molar-refractivity contribution is 5.85. The minimum Gasteiger partial charge on any atom is -0.408 e. The molecule has 0 radical (unpaired) electrons. The van der Waals surface area contributed by atoms with Crippen molar-refractivity contribution in [2.45, 2.75) is 94.5 Å². The summed E-state index contributed by atoms with van der Waals surface area (Å²) in [5.74, 6) is -3.37. The molecule has 0 bridgehead atoms. The summed E-state index contributed by atoms with van der Waals surface area (Å²) in [5.41, 5.74) is 7.63. The normalized spacial score (nSPS) is 23.9. The lowest BCUT2D eigenvalue weighted by molar-refractivity contribution is -0.133. The van der Waals surface area contributed by atoms with E-state index in [0.29, 0.717) is 107 Å². The van der Waals surface area contributed by atoms with Crippen LogP contribution < -0.4 is 49.2 Å². The predicted octanol–water partition coefficient (Wildman–Crippen LogP) is 4.08. The third-order valence-corrected chi connectivity index (χ3v) is 20.9. The van der Waals surface area contributed by atoms with E-state index in [-0.39, 0.29) is 79.2 Å². The third kappa shape index (κ3) is 13.3. The Morgan fingerprint density at radius 3 is 1.56 bits per heavy atom. The minimum absolute atomic E-state index is 0.0105. The number of carbonyl (C=O) groups excluding carboxylic acids is 3. The molecule has 3 saturated heterocycles. The first-order chi connectivity index (χ1) is 48.5. The number of nitriles is 3. The molecule has 9 aromatic rings. The van der Waals surface area contributed by atoms with Crippen molar-refractivity contribution in [2.24, 2.45) is 35.1 Å². The first kappa shape index (κ1) is 65.4. The molecule has 6 fully saturated rings. The average Bonchev–Trinajstić information content (AvgIpc) is 1.59. The van der Waals surface area contributed by atoms with Gasteiger partial charge in [-0.3, -0.25) is 33.1 Å². The number of carbonyl (C=O) groups is 3. The number of aromatic nitrogens is 6. The number of halogens is 1. The molecule has 10 atom stereocenters. The molecule has 3 saturated carbocycles. The monoisotopic (exact) mass is 1360 g/mol. The number of pyridine rings is 1. The second kappa shape index (κ2) is 26.6. The molecule has 8 heterocycles. The van der Waals surface area contributed by atoms with Gasteiger partial charge in [0.15, 0.2) is 16.7 Å². The Morgan fingerprint density at radius 1 is 0.560 bits per heavy atom. The lowest BCUT2D eigenvalue weighted by Crippen LogP contribution is -2.46.